The van der Waals surface area contributed by atoms with Crippen molar-refractivity contribution in [2.24, 2.45) is 0 Å². The minimum Gasteiger partial charge on any atom is -0.493 e. The predicted octanol–water partition coefficient (Wildman–Crippen LogP) is 4.45. The average molecular weight is 399 g/mol. The van der Waals surface area contributed by atoms with E-state index in [0.717, 1.165) is 11.3 Å². The zero-order chi connectivity index (χ0) is 20.1. The number of rotatable bonds is 6. The first-order chi connectivity index (χ1) is 13.5. The lowest BCUT2D eigenvalue weighted by molar-refractivity contribution is 0.102. The molecule has 1 aromatic heterocycles. The number of ether oxygens (including phenoxy) is 2. The average Bonchev–Trinajstić information content (AvgIpc) is 2.71. The Morgan fingerprint density at radius 2 is 1.68 bits per heavy atom. The van der Waals surface area contributed by atoms with Crippen LogP contribution in [0, 0.1) is 6.92 Å². The number of methoxy groups -OCH3 is 2. The van der Waals surface area contributed by atoms with E-state index in [-0.39, 0.29) is 11.6 Å². The quantitative estimate of drug-likeness (QED) is 0.638. The molecule has 0 spiro atoms. The first-order valence-corrected chi connectivity index (χ1v) is 8.78. The van der Waals surface area contributed by atoms with E-state index in [2.05, 4.69) is 20.8 Å². The van der Waals surface area contributed by atoms with Crippen LogP contribution >= 0.6 is 11.6 Å². The van der Waals surface area contributed by atoms with E-state index >= 15 is 0 Å². The van der Waals surface area contributed by atoms with Gasteiger partial charge < -0.3 is 20.1 Å². The van der Waals surface area contributed by atoms with Gasteiger partial charge in [-0.05, 0) is 48.9 Å². The fraction of sp³-hybridized carbons (Fsp3) is 0.150. The summed E-state index contributed by atoms with van der Waals surface area (Å²) in [5, 5.41) is 14.5. The van der Waals surface area contributed by atoms with Crippen molar-refractivity contribution in [1.82, 2.24) is 10.2 Å². The molecule has 0 radical (unpaired) electrons. The van der Waals surface area contributed by atoms with Crippen LogP contribution in [0.3, 0.4) is 0 Å². The van der Waals surface area contributed by atoms with Crippen LogP contribution in [0.25, 0.3) is 0 Å². The number of aromatic nitrogens is 2. The molecule has 7 nitrogen and oxygen atoms in total. The maximum atomic E-state index is 12.4. The van der Waals surface area contributed by atoms with Crippen LogP contribution in [0.2, 0.25) is 5.02 Å². The number of amides is 1. The lowest BCUT2D eigenvalue weighted by Crippen LogP contribution is -2.14. The number of benzene rings is 2. The van der Waals surface area contributed by atoms with Gasteiger partial charge in [0, 0.05) is 22.5 Å². The summed E-state index contributed by atoms with van der Waals surface area (Å²) >= 11 is 6.12. The normalized spacial score (nSPS) is 10.3. The highest BCUT2D eigenvalue weighted by molar-refractivity contribution is 6.31. The van der Waals surface area contributed by atoms with Crippen molar-refractivity contribution in [3.05, 3.63) is 64.8 Å². The van der Waals surface area contributed by atoms with E-state index in [1.807, 2.05) is 19.1 Å². The molecule has 2 aromatic carbocycles. The highest BCUT2D eigenvalue weighted by Gasteiger charge is 2.11. The van der Waals surface area contributed by atoms with Crippen molar-refractivity contribution >= 4 is 34.7 Å². The first-order valence-electron chi connectivity index (χ1n) is 8.40. The number of hydrogen-bond acceptors (Lipinski definition) is 6. The fourth-order valence-corrected chi connectivity index (χ4v) is 2.63. The second-order valence-electron chi connectivity index (χ2n) is 5.92. The monoisotopic (exact) mass is 398 g/mol. The number of nitrogens with one attached hydrogen (secondary N) is 2. The maximum Gasteiger partial charge on any atom is 0.276 e. The number of carbonyl (C=O) groups excluding carboxylic acids is 1. The molecule has 0 atom stereocenters. The van der Waals surface area contributed by atoms with Gasteiger partial charge in [-0.25, -0.2) is 0 Å². The molecule has 0 aliphatic heterocycles. The summed E-state index contributed by atoms with van der Waals surface area (Å²) in [5.41, 5.74) is 2.51. The van der Waals surface area contributed by atoms with Crippen molar-refractivity contribution in [1.29, 1.82) is 0 Å². The van der Waals surface area contributed by atoms with Crippen LogP contribution in [0.1, 0.15) is 16.1 Å². The smallest absolute Gasteiger partial charge is 0.276 e. The van der Waals surface area contributed by atoms with Crippen LogP contribution < -0.4 is 20.1 Å². The summed E-state index contributed by atoms with van der Waals surface area (Å²) in [6, 6.07) is 13.9. The largest absolute Gasteiger partial charge is 0.493 e. The van der Waals surface area contributed by atoms with E-state index in [1.165, 1.54) is 7.11 Å². The minimum atomic E-state index is -0.385. The zero-order valence-corrected chi connectivity index (χ0v) is 16.4. The van der Waals surface area contributed by atoms with Gasteiger partial charge >= 0.3 is 0 Å². The van der Waals surface area contributed by atoms with Gasteiger partial charge in [0.05, 0.1) is 14.2 Å². The van der Waals surface area contributed by atoms with E-state index < -0.39 is 0 Å². The summed E-state index contributed by atoms with van der Waals surface area (Å²) < 4.78 is 10.4. The van der Waals surface area contributed by atoms with Crippen LogP contribution in [0.4, 0.5) is 17.2 Å². The lowest BCUT2D eigenvalue weighted by Gasteiger charge is -2.10. The molecule has 2 N–H and O–H groups in total. The third-order valence-corrected chi connectivity index (χ3v) is 4.39. The van der Waals surface area contributed by atoms with Gasteiger partial charge in [0.15, 0.2) is 23.0 Å². The molecular formula is C20H19ClN4O3. The van der Waals surface area contributed by atoms with E-state index in [1.54, 1.807) is 43.5 Å². The molecule has 0 bridgehead atoms. The molecule has 0 aliphatic rings. The molecule has 3 aromatic rings. The maximum absolute atomic E-state index is 12.4. The van der Waals surface area contributed by atoms with Gasteiger partial charge in [-0.2, -0.15) is 0 Å². The Labute approximate surface area is 167 Å². The molecule has 144 valence electrons. The van der Waals surface area contributed by atoms with Crippen molar-refractivity contribution in [2.75, 3.05) is 24.9 Å². The summed E-state index contributed by atoms with van der Waals surface area (Å²) in [4.78, 5) is 12.4. The van der Waals surface area contributed by atoms with Crippen molar-refractivity contribution in [2.45, 2.75) is 6.92 Å². The Hall–Kier alpha value is -3.32. The Balaban J connectivity index is 1.69. The number of carbonyl (C=O) groups is 1. The SMILES string of the molecule is COc1ccc(NC(=O)c2ccc(Nc3ccc(C)c(Cl)c3)nn2)cc1OC. The van der Waals surface area contributed by atoms with Gasteiger partial charge in [-0.1, -0.05) is 17.7 Å². The van der Waals surface area contributed by atoms with E-state index in [0.29, 0.717) is 28.0 Å². The fourth-order valence-electron chi connectivity index (χ4n) is 2.45. The van der Waals surface area contributed by atoms with Crippen LogP contribution in [-0.2, 0) is 0 Å². The molecule has 0 aliphatic carbocycles. The highest BCUT2D eigenvalue weighted by Crippen LogP contribution is 2.30. The molecule has 0 fully saturated rings. The van der Waals surface area contributed by atoms with Gasteiger partial charge in [0.2, 0.25) is 0 Å². The molecule has 28 heavy (non-hydrogen) atoms. The molecular weight excluding hydrogens is 380 g/mol. The molecule has 0 saturated carbocycles. The zero-order valence-electron chi connectivity index (χ0n) is 15.6. The van der Waals surface area contributed by atoms with E-state index in [9.17, 15) is 4.79 Å². The van der Waals surface area contributed by atoms with Crippen molar-refractivity contribution in [3.8, 4) is 11.5 Å². The Morgan fingerprint density at radius 1 is 0.929 bits per heavy atom. The summed E-state index contributed by atoms with van der Waals surface area (Å²) in [6.45, 7) is 1.93. The molecule has 1 amide bonds. The summed E-state index contributed by atoms with van der Waals surface area (Å²) in [5.74, 6) is 1.21. The minimum absolute atomic E-state index is 0.183. The van der Waals surface area contributed by atoms with Gasteiger partial charge in [-0.3, -0.25) is 4.79 Å². The highest BCUT2D eigenvalue weighted by atomic mass is 35.5. The molecule has 1 heterocycles. The molecule has 0 unspecified atom stereocenters. The topological polar surface area (TPSA) is 85.4 Å². The third kappa shape index (κ3) is 4.50. The number of aryl methyl sites for hydroxylation is 1. The van der Waals surface area contributed by atoms with E-state index in [4.69, 9.17) is 21.1 Å². The van der Waals surface area contributed by atoms with Gasteiger partial charge in [0.25, 0.3) is 5.91 Å². The van der Waals surface area contributed by atoms with Crippen LogP contribution in [-0.4, -0.2) is 30.3 Å². The molecule has 8 heteroatoms. The summed E-state index contributed by atoms with van der Waals surface area (Å²) in [7, 11) is 3.08. The lowest BCUT2D eigenvalue weighted by atomic mass is 10.2. The first kappa shape index (κ1) is 19.4. The number of halogens is 1. The van der Waals surface area contributed by atoms with Crippen molar-refractivity contribution in [3.63, 3.8) is 0 Å². The van der Waals surface area contributed by atoms with Gasteiger partial charge in [-0.15, -0.1) is 10.2 Å². The summed E-state index contributed by atoms with van der Waals surface area (Å²) in [6.07, 6.45) is 0. The molecule has 0 saturated heterocycles. The Kier molecular flexibility index (Phi) is 5.96. The van der Waals surface area contributed by atoms with Crippen LogP contribution in [0.15, 0.2) is 48.5 Å². The molecule has 3 rings (SSSR count). The van der Waals surface area contributed by atoms with Gasteiger partial charge in [0.1, 0.15) is 0 Å². The van der Waals surface area contributed by atoms with Crippen LogP contribution in [0.5, 0.6) is 11.5 Å². The third-order valence-electron chi connectivity index (χ3n) is 3.98. The Bertz CT molecular complexity index is 993. The predicted molar refractivity (Wildman–Crippen MR) is 109 cm³/mol. The number of hydrogen-bond donors (Lipinski definition) is 2. The number of anilines is 3. The number of nitrogens with zero attached hydrogens (tertiary/aromatic N) is 2. The second-order valence-corrected chi connectivity index (χ2v) is 6.32. The second kappa shape index (κ2) is 8.58. The standard InChI is InChI=1S/C20H19ClN4O3/c1-12-4-5-13(10-15(12)21)22-19-9-7-16(24-25-19)20(26)23-14-6-8-17(27-2)18(11-14)28-3/h4-11H,1-3H3,(H,22,25)(H,23,26). The Morgan fingerprint density at radius 3 is 2.32 bits per heavy atom. The van der Waals surface area contributed by atoms with Crippen molar-refractivity contribution < 1.29 is 14.3 Å².